The Hall–Kier alpha value is 0.130. The van der Waals surface area contributed by atoms with Gasteiger partial charge in [0.25, 0.3) is 0 Å². The predicted molar refractivity (Wildman–Crippen MR) is 98.2 cm³/mol. The molecule has 3 aliphatic carbocycles. The van der Waals surface area contributed by atoms with Gasteiger partial charge in [0, 0.05) is 0 Å². The van der Waals surface area contributed by atoms with E-state index in [-0.39, 0.29) is 0 Å². The SMILES string of the molecule is BC(B)(C1CC2CCCCC2C2CCCCC21)C(C)(C)C. The Bertz CT molecular complexity index is 368. The van der Waals surface area contributed by atoms with Crippen molar-refractivity contribution in [2.24, 2.45) is 35.0 Å². The molecule has 0 saturated heterocycles. The number of rotatable bonds is 1. The lowest BCUT2D eigenvalue weighted by Crippen LogP contribution is -2.50. The minimum atomic E-state index is 0.432. The average molecular weight is 286 g/mol. The quantitative estimate of drug-likeness (QED) is 0.638. The smallest absolute Gasteiger partial charge is 0.0769 e. The van der Waals surface area contributed by atoms with E-state index < -0.39 is 0 Å². The standard InChI is InChI=1S/C19H36B2/c1-18(2,3)19(20,21)17-12-13-8-4-5-9-14(13)15-10-6-7-11-16(15)17/h13-17H,4-12,20-21H2,1-3H3. The number of hydrogen-bond acceptors (Lipinski definition) is 0. The zero-order valence-corrected chi connectivity index (χ0v) is 15.3. The molecule has 3 aliphatic rings. The molecule has 2 heteroatoms. The fourth-order valence-electron chi connectivity index (χ4n) is 6.20. The maximum Gasteiger partial charge on any atom is 0.100 e. The molecule has 0 radical (unpaired) electrons. The molecule has 0 bridgehead atoms. The molecule has 5 unspecified atom stereocenters. The van der Waals surface area contributed by atoms with Crippen molar-refractivity contribution in [3.63, 3.8) is 0 Å². The Morgan fingerprint density at radius 2 is 1.24 bits per heavy atom. The zero-order valence-electron chi connectivity index (χ0n) is 15.3. The van der Waals surface area contributed by atoms with E-state index in [1.54, 1.807) is 25.7 Å². The highest BCUT2D eigenvalue weighted by Gasteiger charge is 2.52. The molecule has 0 aromatic carbocycles. The highest BCUT2D eigenvalue weighted by Crippen LogP contribution is 2.61. The first-order valence-electron chi connectivity index (χ1n) is 9.82. The van der Waals surface area contributed by atoms with Gasteiger partial charge in [-0.15, -0.1) is 0 Å². The molecular formula is C19H36B2. The monoisotopic (exact) mass is 286 g/mol. The second-order valence-corrected chi connectivity index (χ2v) is 10.1. The lowest BCUT2D eigenvalue weighted by molar-refractivity contribution is -0.0337. The van der Waals surface area contributed by atoms with Crippen molar-refractivity contribution in [3.8, 4) is 0 Å². The van der Waals surface area contributed by atoms with Crippen LogP contribution in [-0.4, -0.2) is 15.7 Å². The van der Waals surface area contributed by atoms with E-state index in [1.807, 2.05) is 0 Å². The molecule has 0 nitrogen and oxygen atoms in total. The van der Waals surface area contributed by atoms with Gasteiger partial charge in [0.05, 0.1) is 0 Å². The molecule has 5 atom stereocenters. The van der Waals surface area contributed by atoms with Crippen LogP contribution in [0.2, 0.25) is 5.21 Å². The van der Waals surface area contributed by atoms with Crippen LogP contribution in [0.25, 0.3) is 0 Å². The fraction of sp³-hybridized carbons (Fsp3) is 1.00. The number of fused-ring (bicyclic) bond motifs is 3. The molecule has 118 valence electrons. The maximum absolute atomic E-state index is 2.59. The van der Waals surface area contributed by atoms with Crippen LogP contribution in [0.3, 0.4) is 0 Å². The second kappa shape index (κ2) is 5.64. The molecule has 0 amide bonds. The summed E-state index contributed by atoms with van der Waals surface area (Å²) in [6.07, 6.45) is 13.8. The zero-order chi connectivity index (χ0) is 15.3. The van der Waals surface area contributed by atoms with Crippen LogP contribution in [0.5, 0.6) is 0 Å². The summed E-state index contributed by atoms with van der Waals surface area (Å²) in [4.78, 5) is 0. The molecule has 0 N–H and O–H groups in total. The molecular weight excluding hydrogens is 250 g/mol. The number of hydrogen-bond donors (Lipinski definition) is 0. The molecule has 3 saturated carbocycles. The van der Waals surface area contributed by atoms with E-state index in [1.165, 1.54) is 32.1 Å². The largest absolute Gasteiger partial charge is 0.100 e. The van der Waals surface area contributed by atoms with Gasteiger partial charge in [-0.1, -0.05) is 58.1 Å². The molecule has 0 spiro atoms. The van der Waals surface area contributed by atoms with Crippen molar-refractivity contribution >= 4 is 15.7 Å². The Morgan fingerprint density at radius 3 is 1.86 bits per heavy atom. The van der Waals surface area contributed by atoms with Crippen LogP contribution in [0.4, 0.5) is 0 Å². The fourth-order valence-corrected chi connectivity index (χ4v) is 6.20. The summed E-state index contributed by atoms with van der Waals surface area (Å²) < 4.78 is 0. The van der Waals surface area contributed by atoms with Crippen LogP contribution in [-0.2, 0) is 0 Å². The highest BCUT2D eigenvalue weighted by atomic mass is 14.5. The third-order valence-electron chi connectivity index (χ3n) is 8.33. The molecule has 0 aromatic rings. The van der Waals surface area contributed by atoms with Crippen molar-refractivity contribution in [1.29, 1.82) is 0 Å². The van der Waals surface area contributed by atoms with Gasteiger partial charge >= 0.3 is 0 Å². The van der Waals surface area contributed by atoms with Crippen molar-refractivity contribution < 1.29 is 0 Å². The van der Waals surface area contributed by atoms with Gasteiger partial charge in [-0.3, -0.25) is 0 Å². The first-order chi connectivity index (χ1) is 9.82. The molecule has 0 aromatic heterocycles. The van der Waals surface area contributed by atoms with Gasteiger partial charge in [0.15, 0.2) is 0 Å². The van der Waals surface area contributed by atoms with E-state index in [9.17, 15) is 0 Å². The van der Waals surface area contributed by atoms with Gasteiger partial charge in [-0.2, -0.15) is 0 Å². The summed E-state index contributed by atoms with van der Waals surface area (Å²) in [5.74, 6) is 5.29. The third-order valence-corrected chi connectivity index (χ3v) is 8.33. The molecule has 0 heterocycles. The van der Waals surface area contributed by atoms with Crippen molar-refractivity contribution in [2.75, 3.05) is 0 Å². The van der Waals surface area contributed by atoms with Crippen LogP contribution < -0.4 is 0 Å². The maximum atomic E-state index is 2.59. The van der Waals surface area contributed by atoms with Crippen LogP contribution in [0.15, 0.2) is 0 Å². The van der Waals surface area contributed by atoms with Crippen LogP contribution in [0.1, 0.15) is 78.6 Å². The van der Waals surface area contributed by atoms with Gasteiger partial charge in [-0.25, -0.2) is 0 Å². The molecule has 0 aliphatic heterocycles. The summed E-state index contributed by atoms with van der Waals surface area (Å²) >= 11 is 0. The Kier molecular flexibility index (Phi) is 4.30. The topological polar surface area (TPSA) is 0 Å². The van der Waals surface area contributed by atoms with Gasteiger partial charge in [0.1, 0.15) is 15.7 Å². The highest BCUT2D eigenvalue weighted by molar-refractivity contribution is 6.40. The van der Waals surface area contributed by atoms with Crippen LogP contribution in [0, 0.1) is 35.0 Å². The van der Waals surface area contributed by atoms with E-state index in [0.717, 1.165) is 29.6 Å². The third kappa shape index (κ3) is 2.74. The average Bonchev–Trinajstić information content (AvgIpc) is 2.45. The summed E-state index contributed by atoms with van der Waals surface area (Å²) in [7, 11) is 5.18. The lowest BCUT2D eigenvalue weighted by atomic mass is 9.33. The summed E-state index contributed by atoms with van der Waals surface area (Å²) in [5, 5.41) is 0.482. The van der Waals surface area contributed by atoms with E-state index in [2.05, 4.69) is 36.5 Å². The summed E-state index contributed by atoms with van der Waals surface area (Å²) in [5.41, 5.74) is 0.432. The summed E-state index contributed by atoms with van der Waals surface area (Å²) in [6.45, 7) is 7.45. The second-order valence-electron chi connectivity index (χ2n) is 10.1. The van der Waals surface area contributed by atoms with Crippen molar-refractivity contribution in [3.05, 3.63) is 0 Å². The van der Waals surface area contributed by atoms with E-state index in [0.29, 0.717) is 10.6 Å². The normalized spacial score (nSPS) is 41.2. The Balaban J connectivity index is 1.89. The minimum absolute atomic E-state index is 0.432. The molecule has 3 fully saturated rings. The first-order valence-corrected chi connectivity index (χ1v) is 9.82. The van der Waals surface area contributed by atoms with Crippen molar-refractivity contribution in [1.82, 2.24) is 0 Å². The predicted octanol–water partition coefficient (Wildman–Crippen LogP) is 4.05. The summed E-state index contributed by atoms with van der Waals surface area (Å²) in [6, 6.07) is 0. The van der Waals surface area contributed by atoms with Crippen molar-refractivity contribution in [2.45, 2.75) is 83.8 Å². The van der Waals surface area contributed by atoms with Crippen LogP contribution >= 0.6 is 0 Å². The van der Waals surface area contributed by atoms with Gasteiger partial charge in [0.2, 0.25) is 0 Å². The molecule has 21 heavy (non-hydrogen) atoms. The molecule has 3 rings (SSSR count). The Morgan fingerprint density at radius 1 is 0.714 bits per heavy atom. The lowest BCUT2D eigenvalue weighted by Gasteiger charge is -2.59. The first kappa shape index (κ1) is 16.0. The van der Waals surface area contributed by atoms with E-state index >= 15 is 0 Å². The minimum Gasteiger partial charge on any atom is -0.0769 e. The Labute approximate surface area is 135 Å². The van der Waals surface area contributed by atoms with Gasteiger partial charge < -0.3 is 0 Å². The van der Waals surface area contributed by atoms with E-state index in [4.69, 9.17) is 0 Å². The van der Waals surface area contributed by atoms with Gasteiger partial charge in [-0.05, 0) is 60.7 Å².